The number of unbranched alkanes of at least 4 members (excludes halogenated alkanes) is 1. The van der Waals surface area contributed by atoms with Gasteiger partial charge in [-0.15, -0.1) is 0 Å². The Labute approximate surface area is 225 Å². The maximum absolute atomic E-state index is 14.0. The molecule has 0 heterocycles. The molecule has 208 valence electrons. The largest absolute Gasteiger partial charge is 0.508 e. The van der Waals surface area contributed by atoms with E-state index >= 15 is 0 Å². The summed E-state index contributed by atoms with van der Waals surface area (Å²) < 4.78 is 5.40. The fourth-order valence-corrected chi connectivity index (χ4v) is 3.90. The van der Waals surface area contributed by atoms with E-state index in [2.05, 4.69) is 10.6 Å². The van der Waals surface area contributed by atoms with Crippen LogP contribution in [0, 0.1) is 6.92 Å². The topological polar surface area (TPSA) is 128 Å². The summed E-state index contributed by atoms with van der Waals surface area (Å²) in [4.78, 5) is 41.5. The summed E-state index contributed by atoms with van der Waals surface area (Å²) in [5, 5.41) is 25.1. The van der Waals surface area contributed by atoms with E-state index in [0.717, 1.165) is 18.4 Å². The van der Waals surface area contributed by atoms with E-state index in [4.69, 9.17) is 4.74 Å². The molecule has 2 rings (SSSR count). The summed E-state index contributed by atoms with van der Waals surface area (Å²) in [5.74, 6) is -0.847. The molecule has 0 aliphatic rings. The zero-order valence-corrected chi connectivity index (χ0v) is 23.0. The van der Waals surface area contributed by atoms with Gasteiger partial charge in [0, 0.05) is 19.5 Å². The molecule has 0 spiro atoms. The lowest BCUT2D eigenvalue weighted by Gasteiger charge is -2.34. The number of aryl methyl sites for hydroxylation is 1. The number of nitrogens with zero attached hydrogens (tertiary/aromatic N) is 1. The molecule has 4 N–H and O–H groups in total. The molecule has 0 radical (unpaired) electrons. The Bertz CT molecular complexity index is 1050. The number of phenols is 1. The van der Waals surface area contributed by atoms with Crippen molar-refractivity contribution in [3.8, 4) is 5.75 Å². The second kappa shape index (κ2) is 14.4. The summed E-state index contributed by atoms with van der Waals surface area (Å²) in [7, 11) is 0. The van der Waals surface area contributed by atoms with Crippen molar-refractivity contribution in [2.24, 2.45) is 0 Å². The van der Waals surface area contributed by atoms with Crippen LogP contribution in [0.25, 0.3) is 0 Å². The lowest BCUT2D eigenvalue weighted by atomic mass is 9.99. The zero-order chi connectivity index (χ0) is 28.3. The first-order chi connectivity index (χ1) is 17.9. The van der Waals surface area contributed by atoms with Crippen LogP contribution in [0.3, 0.4) is 0 Å². The van der Waals surface area contributed by atoms with E-state index in [1.807, 2.05) is 26.0 Å². The van der Waals surface area contributed by atoms with Gasteiger partial charge in [0.05, 0.1) is 6.61 Å². The number of aromatic hydroxyl groups is 1. The van der Waals surface area contributed by atoms with E-state index in [0.29, 0.717) is 17.7 Å². The third-order valence-electron chi connectivity index (χ3n) is 5.77. The predicted molar refractivity (Wildman–Crippen MR) is 146 cm³/mol. The first kappa shape index (κ1) is 30.6. The Hall–Kier alpha value is -3.59. The van der Waals surface area contributed by atoms with Crippen molar-refractivity contribution in [3.05, 3.63) is 65.2 Å². The summed E-state index contributed by atoms with van der Waals surface area (Å²) in [5.41, 5.74) is 1.48. The van der Waals surface area contributed by atoms with Crippen molar-refractivity contribution in [2.45, 2.75) is 71.6 Å². The number of phenolic OH excluding ortho intramolecular Hbond substituents is 1. The highest BCUT2D eigenvalue weighted by molar-refractivity contribution is 5.92. The molecular weight excluding hydrogens is 486 g/mol. The minimum absolute atomic E-state index is 0.0711. The monoisotopic (exact) mass is 527 g/mol. The number of nitrogens with one attached hydrogen (secondary N) is 2. The summed E-state index contributed by atoms with van der Waals surface area (Å²) in [6.07, 6.45) is 0.976. The van der Waals surface area contributed by atoms with Crippen LogP contribution < -0.4 is 10.6 Å². The average Bonchev–Trinajstić information content (AvgIpc) is 2.84. The van der Waals surface area contributed by atoms with E-state index in [9.17, 15) is 24.6 Å². The first-order valence-corrected chi connectivity index (χ1v) is 13.0. The van der Waals surface area contributed by atoms with Crippen molar-refractivity contribution in [1.29, 1.82) is 0 Å². The molecule has 2 aromatic carbocycles. The first-order valence-electron chi connectivity index (χ1n) is 13.0. The number of aliphatic hydroxyl groups is 1. The molecule has 0 aliphatic heterocycles. The Morgan fingerprint density at radius 2 is 1.66 bits per heavy atom. The highest BCUT2D eigenvalue weighted by Crippen LogP contribution is 2.24. The van der Waals surface area contributed by atoms with Crippen LogP contribution in [-0.4, -0.2) is 64.4 Å². The van der Waals surface area contributed by atoms with Gasteiger partial charge in [-0.25, -0.2) is 4.79 Å². The lowest BCUT2D eigenvalue weighted by molar-refractivity contribution is -0.143. The van der Waals surface area contributed by atoms with E-state index in [-0.39, 0.29) is 31.2 Å². The molecule has 0 saturated heterocycles. The molecule has 0 saturated carbocycles. The van der Waals surface area contributed by atoms with Crippen molar-refractivity contribution >= 4 is 17.9 Å². The number of rotatable bonds is 12. The van der Waals surface area contributed by atoms with E-state index < -0.39 is 29.7 Å². The molecule has 9 nitrogen and oxygen atoms in total. The molecular formula is C29H41N3O6. The lowest BCUT2D eigenvalue weighted by Crippen LogP contribution is -2.54. The number of ether oxygens (including phenoxy) is 1. The fourth-order valence-electron chi connectivity index (χ4n) is 3.90. The Balaban J connectivity index is 2.48. The molecule has 9 heteroatoms. The van der Waals surface area contributed by atoms with E-state index in [1.54, 1.807) is 45.0 Å². The molecule has 0 fully saturated rings. The smallest absolute Gasteiger partial charge is 0.408 e. The maximum atomic E-state index is 14.0. The normalized spacial score (nSPS) is 12.8. The number of hydrogen-bond acceptors (Lipinski definition) is 6. The molecule has 3 amide bonds. The number of carbonyl (C=O) groups is 3. The van der Waals surface area contributed by atoms with Crippen LogP contribution >= 0.6 is 0 Å². The van der Waals surface area contributed by atoms with Gasteiger partial charge in [0.2, 0.25) is 11.8 Å². The zero-order valence-electron chi connectivity index (χ0n) is 23.0. The Morgan fingerprint density at radius 1 is 1.03 bits per heavy atom. The van der Waals surface area contributed by atoms with Crippen molar-refractivity contribution in [2.75, 3.05) is 19.7 Å². The summed E-state index contributed by atoms with van der Waals surface area (Å²) >= 11 is 0. The van der Waals surface area contributed by atoms with Gasteiger partial charge < -0.3 is 30.5 Å². The Morgan fingerprint density at radius 3 is 2.21 bits per heavy atom. The number of amides is 3. The van der Waals surface area contributed by atoms with E-state index in [1.165, 1.54) is 17.0 Å². The minimum Gasteiger partial charge on any atom is -0.508 e. The Kier molecular flexibility index (Phi) is 11.6. The number of alkyl carbamates (subject to hydrolysis) is 1. The summed E-state index contributed by atoms with van der Waals surface area (Å²) in [6, 6.07) is 11.5. The average molecular weight is 528 g/mol. The van der Waals surface area contributed by atoms with Gasteiger partial charge in [0.25, 0.3) is 0 Å². The predicted octanol–water partition coefficient (Wildman–Crippen LogP) is 3.61. The van der Waals surface area contributed by atoms with Gasteiger partial charge in [0.1, 0.15) is 23.4 Å². The van der Waals surface area contributed by atoms with Gasteiger partial charge in [-0.3, -0.25) is 9.59 Å². The van der Waals surface area contributed by atoms with Crippen LogP contribution in [0.15, 0.2) is 48.5 Å². The third kappa shape index (κ3) is 9.70. The second-order valence-corrected chi connectivity index (χ2v) is 10.3. The fraction of sp³-hybridized carbons (Fsp3) is 0.483. The SMILES string of the molecule is CCCCNC(=O)C(c1ccc(C)cc1)N(CCO)C(=O)C(Cc1ccc(O)cc1)NC(=O)OC(C)(C)C. The molecule has 0 aliphatic carbocycles. The maximum Gasteiger partial charge on any atom is 0.408 e. The summed E-state index contributed by atoms with van der Waals surface area (Å²) in [6.45, 7) is 9.04. The molecule has 2 atom stereocenters. The van der Waals surface area contributed by atoms with Crippen molar-refractivity contribution in [1.82, 2.24) is 15.5 Å². The van der Waals surface area contributed by atoms with Crippen LogP contribution in [0.1, 0.15) is 63.3 Å². The van der Waals surface area contributed by atoms with Crippen LogP contribution in [0.4, 0.5) is 4.79 Å². The highest BCUT2D eigenvalue weighted by atomic mass is 16.6. The van der Waals surface area contributed by atoms with Crippen LogP contribution in [0.2, 0.25) is 0 Å². The number of hydrogen-bond donors (Lipinski definition) is 4. The van der Waals surface area contributed by atoms with Gasteiger partial charge in [0.15, 0.2) is 0 Å². The minimum atomic E-state index is -1.10. The van der Waals surface area contributed by atoms with Crippen LogP contribution in [-0.2, 0) is 20.7 Å². The quantitative estimate of drug-likeness (QED) is 0.312. The third-order valence-corrected chi connectivity index (χ3v) is 5.77. The van der Waals surface area contributed by atoms with Crippen molar-refractivity contribution in [3.63, 3.8) is 0 Å². The number of aliphatic hydroxyl groups excluding tert-OH is 1. The standard InChI is InChI=1S/C29H41N3O6/c1-6-7-16-30-26(35)25(22-12-8-20(2)9-13-22)32(17-18-33)27(36)24(31-28(37)38-29(3,4)5)19-21-10-14-23(34)15-11-21/h8-15,24-25,33-34H,6-7,16-19H2,1-5H3,(H,30,35)(H,31,37). The molecule has 2 unspecified atom stereocenters. The number of carbonyl (C=O) groups excluding carboxylic acids is 3. The van der Waals surface area contributed by atoms with Gasteiger partial charge in [-0.2, -0.15) is 0 Å². The highest BCUT2D eigenvalue weighted by Gasteiger charge is 2.36. The second-order valence-electron chi connectivity index (χ2n) is 10.3. The van der Waals surface area contributed by atoms with Gasteiger partial charge >= 0.3 is 6.09 Å². The molecule has 0 aromatic heterocycles. The number of benzene rings is 2. The molecule has 38 heavy (non-hydrogen) atoms. The molecule has 2 aromatic rings. The van der Waals surface area contributed by atoms with Gasteiger partial charge in [-0.05, 0) is 57.4 Å². The van der Waals surface area contributed by atoms with Crippen LogP contribution in [0.5, 0.6) is 5.75 Å². The molecule has 0 bridgehead atoms. The van der Waals surface area contributed by atoms with Gasteiger partial charge in [-0.1, -0.05) is 55.3 Å². The van der Waals surface area contributed by atoms with Crippen molar-refractivity contribution < 1.29 is 29.3 Å².